The van der Waals surface area contributed by atoms with Crippen molar-refractivity contribution in [3.8, 4) is 11.3 Å². The van der Waals surface area contributed by atoms with E-state index in [0.717, 1.165) is 27.4 Å². The van der Waals surface area contributed by atoms with Crippen molar-refractivity contribution in [3.05, 3.63) is 63.2 Å². The molecule has 0 unspecified atom stereocenters. The third kappa shape index (κ3) is 3.63. The van der Waals surface area contributed by atoms with E-state index in [2.05, 4.69) is 15.3 Å². The number of nitrogens with one attached hydrogen (secondary N) is 1. The molecule has 3 rings (SSSR count). The maximum Gasteiger partial charge on any atom is 0.276 e. The number of pyridine rings is 1. The van der Waals surface area contributed by atoms with Gasteiger partial charge in [-0.05, 0) is 50.6 Å². The van der Waals surface area contributed by atoms with E-state index in [9.17, 15) is 4.79 Å². The van der Waals surface area contributed by atoms with Gasteiger partial charge in [-0.25, -0.2) is 9.97 Å². The normalized spacial score (nSPS) is 10.7. The van der Waals surface area contributed by atoms with Crippen LogP contribution in [-0.2, 0) is 0 Å². The summed E-state index contributed by atoms with van der Waals surface area (Å²) in [7, 11) is 0. The monoisotopic (exact) mass is 357 g/mol. The minimum Gasteiger partial charge on any atom is -0.296 e. The zero-order valence-corrected chi connectivity index (χ0v) is 15.1. The Labute approximate surface area is 149 Å². The number of benzene rings is 1. The van der Waals surface area contributed by atoms with Crippen molar-refractivity contribution in [1.82, 2.24) is 9.97 Å². The first-order valence-corrected chi connectivity index (χ1v) is 8.62. The third-order valence-corrected chi connectivity index (χ3v) is 4.60. The summed E-state index contributed by atoms with van der Waals surface area (Å²) in [6.07, 6.45) is 0. The smallest absolute Gasteiger partial charge is 0.276 e. The van der Waals surface area contributed by atoms with Crippen LogP contribution in [0.15, 0.2) is 36.4 Å². The number of hydrogen-bond donors (Lipinski definition) is 1. The number of thiazole rings is 1. The average Bonchev–Trinajstić information content (AvgIpc) is 2.87. The lowest BCUT2D eigenvalue weighted by Gasteiger charge is -2.03. The molecule has 0 spiro atoms. The van der Waals surface area contributed by atoms with Crippen molar-refractivity contribution in [2.75, 3.05) is 5.32 Å². The van der Waals surface area contributed by atoms with Gasteiger partial charge in [-0.2, -0.15) is 0 Å². The fraction of sp³-hybridized carbons (Fsp3) is 0.167. The molecule has 0 aliphatic rings. The predicted octanol–water partition coefficient (Wildman–Crippen LogP) is 5.04. The van der Waals surface area contributed by atoms with Crippen LogP contribution in [0.1, 0.15) is 26.6 Å². The molecule has 0 aliphatic heterocycles. The Morgan fingerprint density at radius 3 is 2.46 bits per heavy atom. The number of aryl methyl sites for hydroxylation is 3. The van der Waals surface area contributed by atoms with E-state index in [1.54, 1.807) is 6.07 Å². The lowest BCUT2D eigenvalue weighted by Crippen LogP contribution is -2.14. The van der Waals surface area contributed by atoms with Crippen LogP contribution in [0.5, 0.6) is 0 Å². The SMILES string of the molecule is Cc1cc(C)nc(C(=O)Nc2nc(-c3ccc(Cl)cc3)c(C)s2)c1. The summed E-state index contributed by atoms with van der Waals surface area (Å²) in [5.74, 6) is -0.252. The summed E-state index contributed by atoms with van der Waals surface area (Å²) in [6, 6.07) is 11.2. The minimum atomic E-state index is -0.252. The summed E-state index contributed by atoms with van der Waals surface area (Å²) in [5.41, 5.74) is 4.04. The highest BCUT2D eigenvalue weighted by atomic mass is 35.5. The fourth-order valence-electron chi connectivity index (χ4n) is 2.44. The van der Waals surface area contributed by atoms with Crippen LogP contribution in [0, 0.1) is 20.8 Å². The molecular weight excluding hydrogens is 342 g/mol. The maximum absolute atomic E-state index is 12.4. The van der Waals surface area contributed by atoms with Crippen molar-refractivity contribution in [2.24, 2.45) is 0 Å². The molecule has 1 aromatic carbocycles. The van der Waals surface area contributed by atoms with Gasteiger partial charge in [0.1, 0.15) is 5.69 Å². The molecule has 0 saturated carbocycles. The van der Waals surface area contributed by atoms with E-state index in [1.165, 1.54) is 11.3 Å². The second-order valence-electron chi connectivity index (χ2n) is 5.56. The van der Waals surface area contributed by atoms with E-state index in [4.69, 9.17) is 11.6 Å². The van der Waals surface area contributed by atoms with Crippen LogP contribution in [-0.4, -0.2) is 15.9 Å². The molecule has 2 aromatic heterocycles. The third-order valence-electron chi connectivity index (χ3n) is 3.47. The van der Waals surface area contributed by atoms with Crippen LogP contribution in [0.25, 0.3) is 11.3 Å². The highest BCUT2D eigenvalue weighted by Crippen LogP contribution is 2.31. The Kier molecular flexibility index (Phi) is 4.64. The van der Waals surface area contributed by atoms with Gasteiger partial charge in [-0.15, -0.1) is 11.3 Å². The number of hydrogen-bond acceptors (Lipinski definition) is 4. The molecule has 122 valence electrons. The number of amides is 1. The fourth-order valence-corrected chi connectivity index (χ4v) is 3.40. The molecule has 0 saturated heterocycles. The molecule has 2 heterocycles. The van der Waals surface area contributed by atoms with Gasteiger partial charge in [0.2, 0.25) is 0 Å². The number of nitrogens with zero attached hydrogens (tertiary/aromatic N) is 2. The Morgan fingerprint density at radius 1 is 1.08 bits per heavy atom. The lowest BCUT2D eigenvalue weighted by atomic mass is 10.1. The van der Waals surface area contributed by atoms with E-state index in [1.807, 2.05) is 51.1 Å². The molecule has 0 radical (unpaired) electrons. The molecule has 1 N–H and O–H groups in total. The Bertz CT molecular complexity index is 883. The van der Waals surface area contributed by atoms with E-state index in [-0.39, 0.29) is 5.91 Å². The number of anilines is 1. The highest BCUT2D eigenvalue weighted by molar-refractivity contribution is 7.16. The van der Waals surface area contributed by atoms with Crippen LogP contribution >= 0.6 is 22.9 Å². The van der Waals surface area contributed by atoms with Crippen molar-refractivity contribution < 1.29 is 4.79 Å². The number of rotatable bonds is 3. The van der Waals surface area contributed by atoms with Gasteiger partial charge >= 0.3 is 0 Å². The Hall–Kier alpha value is -2.24. The first-order chi connectivity index (χ1) is 11.4. The highest BCUT2D eigenvalue weighted by Gasteiger charge is 2.14. The van der Waals surface area contributed by atoms with Crippen molar-refractivity contribution in [2.45, 2.75) is 20.8 Å². The van der Waals surface area contributed by atoms with Gasteiger partial charge in [-0.3, -0.25) is 10.1 Å². The zero-order valence-electron chi connectivity index (χ0n) is 13.6. The lowest BCUT2D eigenvalue weighted by molar-refractivity contribution is 0.102. The quantitative estimate of drug-likeness (QED) is 0.714. The first-order valence-electron chi connectivity index (χ1n) is 7.42. The molecule has 0 aliphatic carbocycles. The zero-order chi connectivity index (χ0) is 17.3. The van der Waals surface area contributed by atoms with Crippen LogP contribution in [0.2, 0.25) is 5.02 Å². The molecule has 6 heteroatoms. The summed E-state index contributed by atoms with van der Waals surface area (Å²) < 4.78 is 0. The largest absolute Gasteiger partial charge is 0.296 e. The summed E-state index contributed by atoms with van der Waals surface area (Å²) in [6.45, 7) is 5.79. The maximum atomic E-state index is 12.4. The summed E-state index contributed by atoms with van der Waals surface area (Å²) >= 11 is 7.37. The molecule has 0 atom stereocenters. The van der Waals surface area contributed by atoms with Gasteiger partial charge in [0, 0.05) is 21.2 Å². The predicted molar refractivity (Wildman–Crippen MR) is 99.0 cm³/mol. The van der Waals surface area contributed by atoms with Crippen LogP contribution < -0.4 is 5.32 Å². The molecule has 4 nitrogen and oxygen atoms in total. The minimum absolute atomic E-state index is 0.252. The van der Waals surface area contributed by atoms with Crippen LogP contribution in [0.3, 0.4) is 0 Å². The van der Waals surface area contributed by atoms with Crippen LogP contribution in [0.4, 0.5) is 5.13 Å². The molecule has 1 amide bonds. The number of carbonyl (C=O) groups is 1. The van der Waals surface area contributed by atoms with E-state index >= 15 is 0 Å². The van der Waals surface area contributed by atoms with E-state index < -0.39 is 0 Å². The Balaban J connectivity index is 1.84. The topological polar surface area (TPSA) is 54.9 Å². The summed E-state index contributed by atoms with van der Waals surface area (Å²) in [5, 5.41) is 4.08. The van der Waals surface area contributed by atoms with E-state index in [0.29, 0.717) is 15.8 Å². The second kappa shape index (κ2) is 6.71. The molecule has 0 fully saturated rings. The molecular formula is C18H16ClN3OS. The first kappa shape index (κ1) is 16.6. The second-order valence-corrected chi connectivity index (χ2v) is 7.20. The van der Waals surface area contributed by atoms with Gasteiger partial charge < -0.3 is 0 Å². The average molecular weight is 358 g/mol. The molecule has 3 aromatic rings. The van der Waals surface area contributed by atoms with Crippen molar-refractivity contribution in [3.63, 3.8) is 0 Å². The standard InChI is InChI=1S/C18H16ClN3OS/c1-10-8-11(2)20-15(9-10)17(23)22-18-21-16(12(3)24-18)13-4-6-14(19)7-5-13/h4-9H,1-3H3,(H,21,22,23). The van der Waals surface area contributed by atoms with Gasteiger partial charge in [0.15, 0.2) is 5.13 Å². The van der Waals surface area contributed by atoms with Gasteiger partial charge in [0.25, 0.3) is 5.91 Å². The molecule has 24 heavy (non-hydrogen) atoms. The number of aromatic nitrogens is 2. The number of halogens is 1. The molecule has 0 bridgehead atoms. The van der Waals surface area contributed by atoms with Gasteiger partial charge in [-0.1, -0.05) is 23.7 Å². The summed E-state index contributed by atoms with van der Waals surface area (Å²) in [4.78, 5) is 22.2. The Morgan fingerprint density at radius 2 is 1.79 bits per heavy atom. The van der Waals surface area contributed by atoms with Crippen molar-refractivity contribution in [1.29, 1.82) is 0 Å². The van der Waals surface area contributed by atoms with Gasteiger partial charge in [0.05, 0.1) is 5.69 Å². The van der Waals surface area contributed by atoms with Crippen molar-refractivity contribution >= 4 is 34.0 Å². The number of carbonyl (C=O) groups excluding carboxylic acids is 1.